The molecule has 5 N–H and O–H groups in total. The van der Waals surface area contributed by atoms with Crippen molar-refractivity contribution in [3.8, 4) is 0 Å². The van der Waals surface area contributed by atoms with Crippen LogP contribution in [-0.4, -0.2) is 58.7 Å². The van der Waals surface area contributed by atoms with Crippen LogP contribution in [0.25, 0.3) is 0 Å². The van der Waals surface area contributed by atoms with E-state index in [9.17, 15) is 15.0 Å². The second kappa shape index (κ2) is 4.70. The van der Waals surface area contributed by atoms with Crippen LogP contribution < -0.4 is 10.6 Å². The number of carbonyl (C=O) groups is 1. The molecule has 14 heavy (non-hydrogen) atoms. The van der Waals surface area contributed by atoms with Gasteiger partial charge in [-0.2, -0.15) is 0 Å². The Labute approximate surface area is 81.9 Å². The molecule has 0 radical (unpaired) electrons. The Hall–Kier alpha value is -0.690. The molecule has 82 valence electrons. The van der Waals surface area contributed by atoms with E-state index in [-0.39, 0.29) is 19.1 Å². The first-order valence-corrected chi connectivity index (χ1v) is 4.53. The largest absolute Gasteiger partial charge is 0.395 e. The van der Waals surface area contributed by atoms with Gasteiger partial charge in [-0.3, -0.25) is 4.79 Å². The predicted octanol–water partition coefficient (Wildman–Crippen LogP) is -2.82. The molecule has 0 unspecified atom stereocenters. The fourth-order valence-electron chi connectivity index (χ4n) is 1.54. The van der Waals surface area contributed by atoms with E-state index in [0.29, 0.717) is 0 Å². The second-order valence-corrected chi connectivity index (χ2v) is 3.48. The average Bonchev–Trinajstić information content (AvgIpc) is 2.41. The van der Waals surface area contributed by atoms with E-state index < -0.39 is 24.3 Å². The summed E-state index contributed by atoms with van der Waals surface area (Å²) in [5.41, 5.74) is 0. The molecule has 1 aliphatic rings. The molecule has 0 aromatic heterocycles. The van der Waals surface area contributed by atoms with Gasteiger partial charge in [0.2, 0.25) is 5.91 Å². The number of aliphatic hydroxyl groups is 3. The van der Waals surface area contributed by atoms with Gasteiger partial charge in [-0.25, -0.2) is 0 Å². The van der Waals surface area contributed by atoms with Crippen LogP contribution in [0.4, 0.5) is 0 Å². The van der Waals surface area contributed by atoms with Gasteiger partial charge in [0.1, 0.15) is 0 Å². The average molecular weight is 204 g/mol. The highest BCUT2D eigenvalue weighted by molar-refractivity contribution is 5.72. The first-order chi connectivity index (χ1) is 6.56. The minimum atomic E-state index is -0.987. The summed E-state index contributed by atoms with van der Waals surface area (Å²) in [6.45, 7) is 1.38. The molecule has 0 aliphatic carbocycles. The van der Waals surface area contributed by atoms with E-state index in [1.54, 1.807) is 0 Å². The van der Waals surface area contributed by atoms with E-state index in [2.05, 4.69) is 10.6 Å². The van der Waals surface area contributed by atoms with E-state index in [1.807, 2.05) is 0 Å². The topological polar surface area (TPSA) is 102 Å². The molecule has 1 saturated heterocycles. The number of nitrogens with one attached hydrogen (secondary N) is 2. The van der Waals surface area contributed by atoms with Crippen LogP contribution in [0.3, 0.4) is 0 Å². The van der Waals surface area contributed by atoms with Crippen molar-refractivity contribution in [1.29, 1.82) is 0 Å². The van der Waals surface area contributed by atoms with Crippen LogP contribution in [0.2, 0.25) is 0 Å². The lowest BCUT2D eigenvalue weighted by molar-refractivity contribution is -0.119. The highest BCUT2D eigenvalue weighted by Crippen LogP contribution is 2.13. The van der Waals surface area contributed by atoms with Gasteiger partial charge < -0.3 is 26.0 Å². The Bertz CT molecular complexity index is 212. The number of hydrogen-bond acceptors (Lipinski definition) is 5. The third-order valence-electron chi connectivity index (χ3n) is 2.37. The molecule has 0 spiro atoms. The van der Waals surface area contributed by atoms with Gasteiger partial charge in [0.05, 0.1) is 30.9 Å². The first-order valence-electron chi connectivity index (χ1n) is 4.53. The Kier molecular flexibility index (Phi) is 3.82. The molecule has 1 heterocycles. The molecule has 0 aromatic carbocycles. The van der Waals surface area contributed by atoms with Crippen LogP contribution >= 0.6 is 0 Å². The van der Waals surface area contributed by atoms with Crippen LogP contribution in [0.15, 0.2) is 0 Å². The lowest BCUT2D eigenvalue weighted by Crippen LogP contribution is -2.43. The van der Waals surface area contributed by atoms with Crippen molar-refractivity contribution in [2.75, 3.05) is 13.2 Å². The van der Waals surface area contributed by atoms with Gasteiger partial charge in [-0.05, 0) is 0 Å². The van der Waals surface area contributed by atoms with Crippen molar-refractivity contribution in [3.63, 3.8) is 0 Å². The SMILES string of the molecule is CC(=O)NC[C@H]1N[C@H](CO)[C@@H](O)[C@@H]1O. The monoisotopic (exact) mass is 204 g/mol. The summed E-state index contributed by atoms with van der Waals surface area (Å²) in [5, 5.41) is 33.1. The Morgan fingerprint density at radius 1 is 1.36 bits per heavy atom. The summed E-state index contributed by atoms with van der Waals surface area (Å²) < 4.78 is 0. The minimum Gasteiger partial charge on any atom is -0.395 e. The predicted molar refractivity (Wildman–Crippen MR) is 48.5 cm³/mol. The smallest absolute Gasteiger partial charge is 0.216 e. The molecular formula is C8H16N2O4. The fraction of sp³-hybridized carbons (Fsp3) is 0.875. The molecule has 1 rings (SSSR count). The molecule has 6 nitrogen and oxygen atoms in total. The molecule has 0 aromatic rings. The Morgan fingerprint density at radius 2 is 1.93 bits per heavy atom. The van der Waals surface area contributed by atoms with Gasteiger partial charge in [-0.1, -0.05) is 0 Å². The van der Waals surface area contributed by atoms with Crippen LogP contribution in [0, 0.1) is 0 Å². The van der Waals surface area contributed by atoms with Gasteiger partial charge in [0.25, 0.3) is 0 Å². The highest BCUT2D eigenvalue weighted by Gasteiger charge is 2.40. The summed E-state index contributed by atoms with van der Waals surface area (Å²) >= 11 is 0. The summed E-state index contributed by atoms with van der Waals surface area (Å²) in [6.07, 6.45) is -1.95. The molecule has 1 fully saturated rings. The van der Waals surface area contributed by atoms with Crippen molar-refractivity contribution < 1.29 is 20.1 Å². The fourth-order valence-corrected chi connectivity index (χ4v) is 1.54. The van der Waals surface area contributed by atoms with Crippen molar-refractivity contribution in [1.82, 2.24) is 10.6 Å². The molecule has 0 saturated carbocycles. The zero-order valence-electron chi connectivity index (χ0n) is 7.97. The summed E-state index contributed by atoms with van der Waals surface area (Å²) in [4.78, 5) is 10.6. The zero-order valence-corrected chi connectivity index (χ0v) is 7.97. The normalized spacial score (nSPS) is 37.1. The first kappa shape index (κ1) is 11.4. The van der Waals surface area contributed by atoms with Crippen LogP contribution in [-0.2, 0) is 4.79 Å². The van der Waals surface area contributed by atoms with Crippen molar-refractivity contribution in [3.05, 3.63) is 0 Å². The number of hydrogen-bond donors (Lipinski definition) is 5. The van der Waals surface area contributed by atoms with Crippen molar-refractivity contribution >= 4 is 5.91 Å². The summed E-state index contributed by atoms with van der Waals surface area (Å²) in [7, 11) is 0. The Morgan fingerprint density at radius 3 is 2.36 bits per heavy atom. The third kappa shape index (κ3) is 2.42. The van der Waals surface area contributed by atoms with Crippen molar-refractivity contribution in [2.24, 2.45) is 0 Å². The number of amides is 1. The molecular weight excluding hydrogens is 188 g/mol. The minimum absolute atomic E-state index is 0.194. The van der Waals surface area contributed by atoms with Gasteiger partial charge in [-0.15, -0.1) is 0 Å². The van der Waals surface area contributed by atoms with Crippen LogP contribution in [0.1, 0.15) is 6.92 Å². The summed E-state index contributed by atoms with van der Waals surface area (Å²) in [5.74, 6) is -0.194. The lowest BCUT2D eigenvalue weighted by atomic mass is 10.1. The molecule has 4 atom stereocenters. The second-order valence-electron chi connectivity index (χ2n) is 3.48. The maximum atomic E-state index is 10.6. The van der Waals surface area contributed by atoms with Gasteiger partial charge >= 0.3 is 0 Å². The molecule has 1 amide bonds. The maximum Gasteiger partial charge on any atom is 0.216 e. The van der Waals surface area contributed by atoms with Crippen LogP contribution in [0.5, 0.6) is 0 Å². The molecule has 1 aliphatic heterocycles. The van der Waals surface area contributed by atoms with Gasteiger partial charge in [0.15, 0.2) is 0 Å². The quantitative estimate of drug-likeness (QED) is 0.341. The molecule has 0 bridgehead atoms. The number of rotatable bonds is 3. The zero-order chi connectivity index (χ0) is 10.7. The lowest BCUT2D eigenvalue weighted by Gasteiger charge is -2.15. The van der Waals surface area contributed by atoms with Crippen molar-refractivity contribution in [2.45, 2.75) is 31.2 Å². The van der Waals surface area contributed by atoms with E-state index in [1.165, 1.54) is 6.92 Å². The summed E-state index contributed by atoms with van der Waals surface area (Å²) in [6, 6.07) is -0.935. The third-order valence-corrected chi connectivity index (χ3v) is 2.37. The highest BCUT2D eigenvalue weighted by atomic mass is 16.3. The van der Waals surface area contributed by atoms with Gasteiger partial charge in [0, 0.05) is 13.5 Å². The number of carbonyl (C=O) groups excluding carboxylic acids is 1. The van der Waals surface area contributed by atoms with E-state index in [4.69, 9.17) is 5.11 Å². The van der Waals surface area contributed by atoms with E-state index >= 15 is 0 Å². The maximum absolute atomic E-state index is 10.6. The molecule has 6 heteroatoms. The Balaban J connectivity index is 2.44. The number of aliphatic hydroxyl groups excluding tert-OH is 3. The standard InChI is InChI=1S/C8H16N2O4/c1-4(12)9-2-5-7(13)8(14)6(3-11)10-5/h5-8,10-11,13-14H,2-3H2,1H3,(H,9,12)/t5-,6-,7-,8-/m1/s1. The van der Waals surface area contributed by atoms with E-state index in [0.717, 1.165) is 0 Å².